The van der Waals surface area contributed by atoms with E-state index in [2.05, 4.69) is 66.3 Å². The summed E-state index contributed by atoms with van der Waals surface area (Å²) in [6, 6.07) is 9.56. The van der Waals surface area contributed by atoms with Crippen molar-refractivity contribution in [2.75, 3.05) is 6.61 Å². The van der Waals surface area contributed by atoms with E-state index in [0.29, 0.717) is 24.1 Å². The van der Waals surface area contributed by atoms with Crippen molar-refractivity contribution in [1.82, 2.24) is 5.32 Å². The third-order valence-electron chi connectivity index (χ3n) is 4.90. The van der Waals surface area contributed by atoms with Gasteiger partial charge in [0.2, 0.25) is 0 Å². The molecule has 19 heavy (non-hydrogen) atoms. The van der Waals surface area contributed by atoms with E-state index in [4.69, 9.17) is 4.74 Å². The van der Waals surface area contributed by atoms with Crippen LogP contribution in [0, 0.1) is 11.3 Å². The zero-order valence-electron chi connectivity index (χ0n) is 11.8. The van der Waals surface area contributed by atoms with Crippen molar-refractivity contribution in [1.29, 1.82) is 0 Å². The fraction of sp³-hybridized carbons (Fsp3) is 0.625. The summed E-state index contributed by atoms with van der Waals surface area (Å²) in [7, 11) is 0. The minimum absolute atomic E-state index is 0.255. The topological polar surface area (TPSA) is 21.3 Å². The summed E-state index contributed by atoms with van der Waals surface area (Å²) >= 11 is 3.49. The van der Waals surface area contributed by atoms with Crippen molar-refractivity contribution in [2.24, 2.45) is 11.3 Å². The second-order valence-electron chi connectivity index (χ2n) is 6.48. The summed E-state index contributed by atoms with van der Waals surface area (Å²) in [6.45, 7) is 7.84. The molecule has 1 aromatic rings. The lowest BCUT2D eigenvalue weighted by molar-refractivity contribution is -0.115. The number of benzene rings is 1. The van der Waals surface area contributed by atoms with Crippen LogP contribution in [0.25, 0.3) is 0 Å². The normalized spacial score (nSPS) is 33.6. The van der Waals surface area contributed by atoms with Crippen LogP contribution in [0.2, 0.25) is 0 Å². The van der Waals surface area contributed by atoms with Crippen LogP contribution in [0.15, 0.2) is 28.7 Å². The van der Waals surface area contributed by atoms with Crippen molar-refractivity contribution in [3.8, 4) is 0 Å². The van der Waals surface area contributed by atoms with Crippen molar-refractivity contribution in [3.05, 3.63) is 34.3 Å². The molecule has 1 N–H and O–H groups in total. The van der Waals surface area contributed by atoms with Gasteiger partial charge >= 0.3 is 0 Å². The minimum atomic E-state index is 0.255. The van der Waals surface area contributed by atoms with Crippen molar-refractivity contribution >= 4 is 15.9 Å². The van der Waals surface area contributed by atoms with E-state index in [1.54, 1.807) is 0 Å². The third kappa shape index (κ3) is 2.26. The zero-order chi connectivity index (χ0) is 13.6. The molecule has 3 unspecified atom stereocenters. The lowest BCUT2D eigenvalue weighted by Gasteiger charge is -2.55. The van der Waals surface area contributed by atoms with Crippen LogP contribution < -0.4 is 5.32 Å². The summed E-state index contributed by atoms with van der Waals surface area (Å²) < 4.78 is 6.99. The number of fused-ring (bicyclic) bond motifs is 1. The van der Waals surface area contributed by atoms with Gasteiger partial charge in [-0.1, -0.05) is 41.9 Å². The molecular formula is C16H22BrNO. The first-order valence-corrected chi connectivity index (χ1v) is 7.92. The van der Waals surface area contributed by atoms with Crippen molar-refractivity contribution in [2.45, 2.75) is 45.4 Å². The molecule has 0 radical (unpaired) electrons. The molecule has 0 spiro atoms. The van der Waals surface area contributed by atoms with Crippen LogP contribution >= 0.6 is 15.9 Å². The van der Waals surface area contributed by atoms with E-state index in [9.17, 15) is 0 Å². The van der Waals surface area contributed by atoms with E-state index < -0.39 is 0 Å². The van der Waals surface area contributed by atoms with Crippen LogP contribution in [-0.2, 0) is 4.74 Å². The SMILES string of the molecule is C[C@H](NC1C2CCOC2C1(C)C)c1ccc(Br)cc1. The molecule has 1 aromatic carbocycles. The first-order valence-electron chi connectivity index (χ1n) is 7.13. The van der Waals surface area contributed by atoms with Crippen molar-refractivity contribution in [3.63, 3.8) is 0 Å². The van der Waals surface area contributed by atoms with Crippen molar-refractivity contribution < 1.29 is 4.74 Å². The fourth-order valence-corrected chi connectivity index (χ4v) is 4.04. The third-order valence-corrected chi connectivity index (χ3v) is 5.43. The van der Waals surface area contributed by atoms with Gasteiger partial charge in [-0.3, -0.25) is 0 Å². The molecule has 2 nitrogen and oxygen atoms in total. The van der Waals surface area contributed by atoms with Gasteiger partial charge in [-0.15, -0.1) is 0 Å². The standard InChI is InChI=1S/C16H22BrNO/c1-10(11-4-6-12(17)7-5-11)18-14-13-8-9-19-15(13)16(14,2)3/h4-7,10,13-15,18H,8-9H2,1-3H3/t10-,13?,14?,15?/m0/s1. The molecule has 0 aromatic heterocycles. The Balaban J connectivity index is 1.69. The minimum Gasteiger partial charge on any atom is -0.377 e. The maximum Gasteiger partial charge on any atom is 0.0685 e. The maximum absolute atomic E-state index is 5.85. The molecule has 2 fully saturated rings. The molecule has 4 atom stereocenters. The van der Waals surface area contributed by atoms with Gasteiger partial charge in [0.05, 0.1) is 6.10 Å². The molecule has 3 rings (SSSR count). The molecular weight excluding hydrogens is 302 g/mol. The van der Waals surface area contributed by atoms with E-state index in [1.165, 1.54) is 12.0 Å². The highest BCUT2D eigenvalue weighted by molar-refractivity contribution is 9.10. The predicted octanol–water partition coefficient (Wildman–Crippen LogP) is 3.91. The quantitative estimate of drug-likeness (QED) is 0.910. The zero-order valence-corrected chi connectivity index (χ0v) is 13.4. The van der Waals surface area contributed by atoms with Gasteiger partial charge in [-0.05, 0) is 31.0 Å². The smallest absolute Gasteiger partial charge is 0.0685 e. The van der Waals surface area contributed by atoms with E-state index >= 15 is 0 Å². The highest BCUT2D eigenvalue weighted by Crippen LogP contribution is 2.52. The molecule has 1 saturated carbocycles. The van der Waals surface area contributed by atoms with E-state index in [0.717, 1.165) is 11.1 Å². The molecule has 1 heterocycles. The predicted molar refractivity (Wildman–Crippen MR) is 81.1 cm³/mol. The molecule has 1 aliphatic heterocycles. The second-order valence-corrected chi connectivity index (χ2v) is 7.40. The molecule has 0 amide bonds. The molecule has 3 heteroatoms. The average Bonchev–Trinajstić information content (AvgIpc) is 2.83. The molecule has 1 saturated heterocycles. The summed E-state index contributed by atoms with van der Waals surface area (Å²) in [4.78, 5) is 0. The number of ether oxygens (including phenoxy) is 1. The number of rotatable bonds is 3. The van der Waals surface area contributed by atoms with Gasteiger partial charge in [0.1, 0.15) is 0 Å². The first-order chi connectivity index (χ1) is 9.00. The first kappa shape index (κ1) is 13.6. The van der Waals surface area contributed by atoms with Crippen LogP contribution in [0.1, 0.15) is 38.8 Å². The van der Waals surface area contributed by atoms with Crippen LogP contribution in [-0.4, -0.2) is 18.8 Å². The lowest BCUT2D eigenvalue weighted by Crippen LogP contribution is -2.66. The highest BCUT2D eigenvalue weighted by atomic mass is 79.9. The Bertz CT molecular complexity index is 456. The Kier molecular flexibility index (Phi) is 3.48. The summed E-state index contributed by atoms with van der Waals surface area (Å²) in [6.07, 6.45) is 1.67. The molecule has 104 valence electrons. The van der Waals surface area contributed by atoms with E-state index in [1.807, 2.05) is 0 Å². The summed E-state index contributed by atoms with van der Waals surface area (Å²) in [5, 5.41) is 3.82. The van der Waals surface area contributed by atoms with Gasteiger partial charge < -0.3 is 10.1 Å². The Labute approximate surface area is 124 Å². The Morgan fingerprint density at radius 3 is 2.68 bits per heavy atom. The molecule has 1 aliphatic carbocycles. The van der Waals surface area contributed by atoms with E-state index in [-0.39, 0.29) is 5.41 Å². The number of nitrogens with one attached hydrogen (secondary N) is 1. The Morgan fingerprint density at radius 2 is 2.00 bits per heavy atom. The lowest BCUT2D eigenvalue weighted by atomic mass is 9.57. The average molecular weight is 324 g/mol. The van der Waals surface area contributed by atoms with Gasteiger partial charge in [0.25, 0.3) is 0 Å². The number of halogens is 1. The summed E-state index contributed by atoms with van der Waals surface area (Å²) in [5.41, 5.74) is 1.60. The largest absolute Gasteiger partial charge is 0.377 e. The van der Waals surface area contributed by atoms with Gasteiger partial charge in [0.15, 0.2) is 0 Å². The van der Waals surface area contributed by atoms with Crippen LogP contribution in [0.3, 0.4) is 0 Å². The number of hydrogen-bond acceptors (Lipinski definition) is 2. The number of hydrogen-bond donors (Lipinski definition) is 1. The molecule has 2 aliphatic rings. The molecule has 0 bridgehead atoms. The highest BCUT2D eigenvalue weighted by Gasteiger charge is 2.59. The Morgan fingerprint density at radius 1 is 1.32 bits per heavy atom. The Hall–Kier alpha value is -0.380. The second kappa shape index (κ2) is 4.87. The monoisotopic (exact) mass is 323 g/mol. The maximum atomic E-state index is 5.85. The fourth-order valence-electron chi connectivity index (χ4n) is 3.78. The van der Waals surface area contributed by atoms with Gasteiger partial charge in [-0.2, -0.15) is 0 Å². The van der Waals surface area contributed by atoms with Crippen LogP contribution in [0.4, 0.5) is 0 Å². The van der Waals surface area contributed by atoms with Crippen LogP contribution in [0.5, 0.6) is 0 Å². The van der Waals surface area contributed by atoms with Gasteiger partial charge in [0, 0.05) is 34.5 Å². The van der Waals surface area contributed by atoms with Gasteiger partial charge in [-0.25, -0.2) is 0 Å². The summed E-state index contributed by atoms with van der Waals surface area (Å²) in [5.74, 6) is 0.702.